The summed E-state index contributed by atoms with van der Waals surface area (Å²) in [6, 6.07) is 0. The maximum atomic E-state index is 7.86. The van der Waals surface area contributed by atoms with Gasteiger partial charge in [0.25, 0.3) is 0 Å². The van der Waals surface area contributed by atoms with Crippen molar-refractivity contribution in [3.05, 3.63) is 47.1 Å². The number of hydrogen-bond acceptors (Lipinski definition) is 6. The maximum absolute atomic E-state index is 7.86. The van der Waals surface area contributed by atoms with E-state index in [-0.39, 0.29) is 6.54 Å². The summed E-state index contributed by atoms with van der Waals surface area (Å²) in [5.74, 6) is 1.30. The molecule has 2 N–H and O–H groups in total. The van der Waals surface area contributed by atoms with Crippen molar-refractivity contribution in [2.24, 2.45) is 10.8 Å². The lowest BCUT2D eigenvalue weighted by Crippen LogP contribution is -1.92. The summed E-state index contributed by atoms with van der Waals surface area (Å²) in [5.41, 5.74) is 13.0. The van der Waals surface area contributed by atoms with Gasteiger partial charge in [-0.2, -0.15) is 0 Å². The summed E-state index contributed by atoms with van der Waals surface area (Å²) < 4.78 is 9.51. The molecule has 0 bridgehead atoms. The maximum Gasteiger partial charge on any atom is 0.180 e. The van der Waals surface area contributed by atoms with Gasteiger partial charge in [0.15, 0.2) is 12.8 Å². The van der Waals surface area contributed by atoms with Crippen LogP contribution in [0.25, 0.3) is 10.4 Å². The average Bonchev–Trinajstić information content (AvgIpc) is 3.00. The monoisotopic (exact) mass is 222 g/mol. The average molecular weight is 222 g/mol. The molecular formula is C8H10N6O2. The van der Waals surface area contributed by atoms with Crippen molar-refractivity contribution < 1.29 is 8.83 Å². The molecule has 2 heterocycles. The van der Waals surface area contributed by atoms with Crippen molar-refractivity contribution in [2.75, 3.05) is 0 Å². The Labute approximate surface area is 90.7 Å². The quantitative estimate of drug-likeness (QED) is 0.479. The van der Waals surface area contributed by atoms with E-state index < -0.39 is 0 Å². The topological polar surface area (TPSA) is 127 Å². The van der Waals surface area contributed by atoms with Crippen LogP contribution in [0, 0.1) is 0 Å². The first-order valence-electron chi connectivity index (χ1n) is 4.32. The molecule has 2 aromatic rings. The van der Waals surface area contributed by atoms with Crippen LogP contribution in [0.1, 0.15) is 11.5 Å². The van der Waals surface area contributed by atoms with Gasteiger partial charge in [0.2, 0.25) is 0 Å². The van der Waals surface area contributed by atoms with E-state index in [9.17, 15) is 0 Å². The third-order valence-electron chi connectivity index (χ3n) is 1.46. The zero-order valence-corrected chi connectivity index (χ0v) is 8.35. The normalized spacial score (nSPS) is 8.81. The molecule has 0 aliphatic carbocycles. The highest BCUT2D eigenvalue weighted by atomic mass is 16.3. The molecule has 0 spiro atoms. The Hall–Kier alpha value is -2.31. The second-order valence-electron chi connectivity index (χ2n) is 2.53. The summed E-state index contributed by atoms with van der Waals surface area (Å²) in [7, 11) is 0. The SMILES string of the molecule is NCc1cnco1.[N-]=[N+]=NCc1cnco1. The van der Waals surface area contributed by atoms with Gasteiger partial charge in [-0.05, 0) is 5.53 Å². The molecule has 84 valence electrons. The van der Waals surface area contributed by atoms with Crippen molar-refractivity contribution in [2.45, 2.75) is 13.1 Å². The highest BCUT2D eigenvalue weighted by Crippen LogP contribution is 1.97. The second kappa shape index (κ2) is 7.04. The minimum absolute atomic E-state index is 0.233. The van der Waals surface area contributed by atoms with Gasteiger partial charge < -0.3 is 14.6 Å². The predicted octanol–water partition coefficient (Wildman–Crippen LogP) is 1.62. The lowest BCUT2D eigenvalue weighted by atomic mass is 10.5. The Kier molecular flexibility index (Phi) is 5.18. The van der Waals surface area contributed by atoms with Crippen molar-refractivity contribution >= 4 is 0 Å². The van der Waals surface area contributed by atoms with Crippen molar-refractivity contribution in [3.8, 4) is 0 Å². The lowest BCUT2D eigenvalue weighted by molar-refractivity contribution is 0.506. The van der Waals surface area contributed by atoms with E-state index in [1.807, 2.05) is 0 Å². The van der Waals surface area contributed by atoms with E-state index in [4.69, 9.17) is 20.1 Å². The van der Waals surface area contributed by atoms with Crippen LogP contribution in [0.2, 0.25) is 0 Å². The van der Waals surface area contributed by atoms with Gasteiger partial charge in [0, 0.05) is 4.91 Å². The number of aromatic nitrogens is 2. The molecule has 0 saturated carbocycles. The molecule has 0 aromatic carbocycles. The van der Waals surface area contributed by atoms with Crippen LogP contribution < -0.4 is 5.73 Å². The molecule has 0 saturated heterocycles. The number of rotatable bonds is 3. The van der Waals surface area contributed by atoms with Crippen LogP contribution in [-0.4, -0.2) is 9.97 Å². The Morgan fingerprint density at radius 2 is 1.88 bits per heavy atom. The molecule has 0 aliphatic heterocycles. The minimum atomic E-state index is 0.233. The molecule has 16 heavy (non-hydrogen) atoms. The highest BCUT2D eigenvalue weighted by Gasteiger charge is 1.89. The van der Waals surface area contributed by atoms with Crippen LogP contribution in [-0.2, 0) is 13.1 Å². The minimum Gasteiger partial charge on any atom is -0.448 e. The summed E-state index contributed by atoms with van der Waals surface area (Å²) in [5, 5.41) is 3.26. The standard InChI is InChI=1S/C4H4N4O.C4H6N2O/c5-8-7-2-4-1-6-3-9-4;5-1-4-2-6-3-7-4/h1,3H,2H2;2-3H,1,5H2. The number of nitrogens with two attached hydrogens (primary N) is 1. The van der Waals surface area contributed by atoms with Gasteiger partial charge in [-0.1, -0.05) is 5.11 Å². The van der Waals surface area contributed by atoms with Crippen molar-refractivity contribution in [3.63, 3.8) is 0 Å². The zero-order valence-electron chi connectivity index (χ0n) is 8.35. The molecule has 8 heteroatoms. The fraction of sp³-hybridized carbons (Fsp3) is 0.250. The van der Waals surface area contributed by atoms with Gasteiger partial charge >= 0.3 is 0 Å². The molecule has 0 fully saturated rings. The van der Waals surface area contributed by atoms with Gasteiger partial charge in [0.05, 0.1) is 25.5 Å². The largest absolute Gasteiger partial charge is 0.448 e. The fourth-order valence-corrected chi connectivity index (χ4v) is 0.764. The Morgan fingerprint density at radius 3 is 2.25 bits per heavy atom. The number of hydrogen-bond donors (Lipinski definition) is 1. The number of nitrogens with zero attached hydrogens (tertiary/aromatic N) is 5. The molecule has 2 rings (SSSR count). The highest BCUT2D eigenvalue weighted by molar-refractivity contribution is 4.87. The molecule has 0 radical (unpaired) electrons. The Morgan fingerprint density at radius 1 is 1.25 bits per heavy atom. The van der Waals surface area contributed by atoms with Crippen molar-refractivity contribution in [1.29, 1.82) is 0 Å². The van der Waals surface area contributed by atoms with Crippen LogP contribution in [0.15, 0.2) is 39.1 Å². The Bertz CT molecular complexity index is 417. The van der Waals surface area contributed by atoms with Crippen LogP contribution >= 0.6 is 0 Å². The van der Waals surface area contributed by atoms with E-state index >= 15 is 0 Å². The second-order valence-corrected chi connectivity index (χ2v) is 2.53. The molecule has 0 aliphatic rings. The first kappa shape index (κ1) is 11.8. The summed E-state index contributed by atoms with van der Waals surface area (Å²) in [6.45, 7) is 0.663. The first-order chi connectivity index (χ1) is 7.86. The molecule has 0 unspecified atom stereocenters. The molecule has 2 aromatic heterocycles. The van der Waals surface area contributed by atoms with E-state index in [2.05, 4.69) is 20.0 Å². The van der Waals surface area contributed by atoms with Gasteiger partial charge in [0.1, 0.15) is 11.5 Å². The number of oxazole rings is 2. The number of azide groups is 1. The summed E-state index contributed by atoms with van der Waals surface area (Å²) in [4.78, 5) is 9.82. The zero-order chi connectivity index (χ0) is 11.6. The summed E-state index contributed by atoms with van der Waals surface area (Å²) >= 11 is 0. The lowest BCUT2D eigenvalue weighted by Gasteiger charge is -1.78. The first-order valence-corrected chi connectivity index (χ1v) is 4.32. The van der Waals surface area contributed by atoms with E-state index in [0.717, 1.165) is 5.76 Å². The fourth-order valence-electron chi connectivity index (χ4n) is 0.764. The van der Waals surface area contributed by atoms with Gasteiger partial charge in [-0.15, -0.1) is 0 Å². The van der Waals surface area contributed by atoms with Crippen molar-refractivity contribution in [1.82, 2.24) is 9.97 Å². The predicted molar refractivity (Wildman–Crippen MR) is 53.7 cm³/mol. The van der Waals surface area contributed by atoms with Crippen LogP contribution in [0.3, 0.4) is 0 Å². The van der Waals surface area contributed by atoms with Crippen LogP contribution in [0.4, 0.5) is 0 Å². The smallest absolute Gasteiger partial charge is 0.180 e. The molecule has 0 atom stereocenters. The van der Waals surface area contributed by atoms with Crippen LogP contribution in [0.5, 0.6) is 0 Å². The van der Waals surface area contributed by atoms with E-state index in [1.54, 1.807) is 6.20 Å². The molecular weight excluding hydrogens is 212 g/mol. The molecule has 8 nitrogen and oxygen atoms in total. The third-order valence-corrected chi connectivity index (χ3v) is 1.46. The molecule has 0 amide bonds. The Balaban J connectivity index is 0.000000165. The van der Waals surface area contributed by atoms with Gasteiger partial charge in [-0.3, -0.25) is 0 Å². The summed E-state index contributed by atoms with van der Waals surface area (Å²) in [6.07, 6.45) is 5.76. The third kappa shape index (κ3) is 4.27. The van der Waals surface area contributed by atoms with E-state index in [0.29, 0.717) is 12.3 Å². The van der Waals surface area contributed by atoms with Gasteiger partial charge in [-0.25, -0.2) is 9.97 Å². The van der Waals surface area contributed by atoms with E-state index in [1.165, 1.54) is 19.0 Å².